The minimum atomic E-state index is 0.222. The molecule has 0 radical (unpaired) electrons. The van der Waals surface area contributed by atoms with Crippen LogP contribution in [-0.4, -0.2) is 39.3 Å². The van der Waals surface area contributed by atoms with Crippen LogP contribution in [0.3, 0.4) is 0 Å². The molecule has 0 aromatic rings. The van der Waals surface area contributed by atoms with Gasteiger partial charge in [-0.3, -0.25) is 4.79 Å². The molecule has 2 rings (SSSR count). The third kappa shape index (κ3) is 3.96. The van der Waals surface area contributed by atoms with Crippen LogP contribution in [0.25, 0.3) is 0 Å². The monoisotopic (exact) mass is 240 g/mol. The standard InChI is InChI=1S/C13H24N2O2/c1-14-9-13(4-5-13)10-15-12(16)8-11-2-6-17-7-3-11/h11,14H,2-10H2,1H3,(H,15,16). The van der Waals surface area contributed by atoms with Gasteiger partial charge < -0.3 is 15.4 Å². The first-order chi connectivity index (χ1) is 8.24. The fourth-order valence-electron chi connectivity index (χ4n) is 2.54. The molecule has 4 nitrogen and oxygen atoms in total. The Morgan fingerprint density at radius 3 is 2.59 bits per heavy atom. The van der Waals surface area contributed by atoms with Crippen molar-refractivity contribution in [3.8, 4) is 0 Å². The van der Waals surface area contributed by atoms with Crippen LogP contribution in [0.1, 0.15) is 32.1 Å². The molecule has 0 aromatic heterocycles. The molecule has 17 heavy (non-hydrogen) atoms. The summed E-state index contributed by atoms with van der Waals surface area (Å²) in [5.41, 5.74) is 0.361. The summed E-state index contributed by atoms with van der Waals surface area (Å²) in [7, 11) is 1.98. The summed E-state index contributed by atoms with van der Waals surface area (Å²) in [4.78, 5) is 11.8. The van der Waals surface area contributed by atoms with E-state index in [0.29, 0.717) is 17.8 Å². The zero-order valence-corrected chi connectivity index (χ0v) is 10.8. The molecule has 0 spiro atoms. The highest BCUT2D eigenvalue weighted by atomic mass is 16.5. The van der Waals surface area contributed by atoms with Crippen LogP contribution >= 0.6 is 0 Å². The van der Waals surface area contributed by atoms with E-state index in [1.807, 2.05) is 7.05 Å². The van der Waals surface area contributed by atoms with Gasteiger partial charge in [-0.2, -0.15) is 0 Å². The van der Waals surface area contributed by atoms with Crippen LogP contribution in [0.5, 0.6) is 0 Å². The first-order valence-corrected chi connectivity index (χ1v) is 6.73. The molecule has 1 heterocycles. The molecule has 2 fully saturated rings. The van der Waals surface area contributed by atoms with E-state index < -0.39 is 0 Å². The van der Waals surface area contributed by atoms with Crippen molar-refractivity contribution in [2.24, 2.45) is 11.3 Å². The maximum absolute atomic E-state index is 11.8. The molecule has 1 saturated heterocycles. The zero-order chi connectivity index (χ0) is 12.1. The maximum atomic E-state index is 11.8. The molecule has 2 aliphatic rings. The van der Waals surface area contributed by atoms with Gasteiger partial charge >= 0.3 is 0 Å². The quantitative estimate of drug-likeness (QED) is 0.726. The summed E-state index contributed by atoms with van der Waals surface area (Å²) in [6.07, 6.45) is 5.24. The second kappa shape index (κ2) is 5.83. The smallest absolute Gasteiger partial charge is 0.220 e. The minimum absolute atomic E-state index is 0.222. The number of amides is 1. The van der Waals surface area contributed by atoms with E-state index in [9.17, 15) is 4.79 Å². The van der Waals surface area contributed by atoms with Crippen LogP contribution in [0, 0.1) is 11.3 Å². The van der Waals surface area contributed by atoms with Gasteiger partial charge in [-0.05, 0) is 38.6 Å². The maximum Gasteiger partial charge on any atom is 0.220 e. The van der Waals surface area contributed by atoms with E-state index in [0.717, 1.165) is 39.1 Å². The Kier molecular flexibility index (Phi) is 4.40. The molecule has 0 unspecified atom stereocenters. The lowest BCUT2D eigenvalue weighted by atomic mass is 9.96. The SMILES string of the molecule is CNCC1(CNC(=O)CC2CCOCC2)CC1. The Bertz CT molecular complexity index is 258. The molecule has 98 valence electrons. The van der Waals surface area contributed by atoms with Crippen LogP contribution in [0.2, 0.25) is 0 Å². The van der Waals surface area contributed by atoms with E-state index in [4.69, 9.17) is 4.74 Å². The summed E-state index contributed by atoms with van der Waals surface area (Å²) in [5, 5.41) is 6.31. The molecule has 0 aromatic carbocycles. The number of rotatable bonds is 6. The van der Waals surface area contributed by atoms with Gasteiger partial charge in [-0.25, -0.2) is 0 Å². The van der Waals surface area contributed by atoms with Gasteiger partial charge in [0.2, 0.25) is 5.91 Å². The van der Waals surface area contributed by atoms with Crippen molar-refractivity contribution in [2.75, 3.05) is 33.4 Å². The van der Waals surface area contributed by atoms with Crippen LogP contribution in [0.4, 0.5) is 0 Å². The van der Waals surface area contributed by atoms with Gasteiger partial charge in [0.15, 0.2) is 0 Å². The highest BCUT2D eigenvalue weighted by Crippen LogP contribution is 2.44. The molecule has 1 aliphatic carbocycles. The number of nitrogens with one attached hydrogen (secondary N) is 2. The molecule has 2 N–H and O–H groups in total. The average molecular weight is 240 g/mol. The van der Waals surface area contributed by atoms with Crippen LogP contribution in [-0.2, 0) is 9.53 Å². The van der Waals surface area contributed by atoms with Crippen molar-refractivity contribution in [3.05, 3.63) is 0 Å². The van der Waals surface area contributed by atoms with Crippen molar-refractivity contribution < 1.29 is 9.53 Å². The number of carbonyl (C=O) groups excluding carboxylic acids is 1. The summed E-state index contributed by atoms with van der Waals surface area (Å²) in [6, 6.07) is 0. The molecule has 1 saturated carbocycles. The number of hydrogen-bond donors (Lipinski definition) is 2. The highest BCUT2D eigenvalue weighted by molar-refractivity contribution is 5.76. The van der Waals surface area contributed by atoms with Gasteiger partial charge in [0.25, 0.3) is 0 Å². The normalized spacial score (nSPS) is 23.4. The second-order valence-electron chi connectivity index (χ2n) is 5.57. The van der Waals surface area contributed by atoms with Crippen molar-refractivity contribution in [1.82, 2.24) is 10.6 Å². The number of hydrogen-bond acceptors (Lipinski definition) is 3. The fourth-order valence-corrected chi connectivity index (χ4v) is 2.54. The summed E-state index contributed by atoms with van der Waals surface area (Å²) >= 11 is 0. The van der Waals surface area contributed by atoms with Gasteiger partial charge in [-0.15, -0.1) is 0 Å². The minimum Gasteiger partial charge on any atom is -0.381 e. The molecular weight excluding hydrogens is 216 g/mol. The topological polar surface area (TPSA) is 50.4 Å². The zero-order valence-electron chi connectivity index (χ0n) is 10.8. The van der Waals surface area contributed by atoms with Gasteiger partial charge in [0.05, 0.1) is 0 Å². The van der Waals surface area contributed by atoms with E-state index in [-0.39, 0.29) is 5.91 Å². The molecule has 0 atom stereocenters. The first kappa shape index (κ1) is 12.8. The van der Waals surface area contributed by atoms with Crippen LogP contribution in [0.15, 0.2) is 0 Å². The summed E-state index contributed by atoms with van der Waals surface area (Å²) in [5.74, 6) is 0.752. The summed E-state index contributed by atoms with van der Waals surface area (Å²) in [6.45, 7) is 3.50. The molecular formula is C13H24N2O2. The number of carbonyl (C=O) groups is 1. The van der Waals surface area contributed by atoms with E-state index in [2.05, 4.69) is 10.6 Å². The van der Waals surface area contributed by atoms with Gasteiger partial charge in [0.1, 0.15) is 0 Å². The summed E-state index contributed by atoms with van der Waals surface area (Å²) < 4.78 is 5.30. The first-order valence-electron chi connectivity index (χ1n) is 6.73. The number of ether oxygens (including phenoxy) is 1. The Morgan fingerprint density at radius 2 is 2.00 bits per heavy atom. The predicted molar refractivity (Wildman–Crippen MR) is 66.8 cm³/mol. The second-order valence-corrected chi connectivity index (χ2v) is 5.57. The van der Waals surface area contributed by atoms with E-state index in [1.165, 1.54) is 12.8 Å². The largest absolute Gasteiger partial charge is 0.381 e. The lowest BCUT2D eigenvalue weighted by molar-refractivity contribution is -0.122. The molecule has 0 bridgehead atoms. The third-order valence-corrected chi connectivity index (χ3v) is 3.98. The van der Waals surface area contributed by atoms with Crippen molar-refractivity contribution in [1.29, 1.82) is 0 Å². The van der Waals surface area contributed by atoms with Crippen LogP contribution < -0.4 is 10.6 Å². The lowest BCUT2D eigenvalue weighted by Crippen LogP contribution is -2.36. The fraction of sp³-hybridized carbons (Fsp3) is 0.923. The van der Waals surface area contributed by atoms with E-state index in [1.54, 1.807) is 0 Å². The van der Waals surface area contributed by atoms with Gasteiger partial charge in [-0.1, -0.05) is 0 Å². The van der Waals surface area contributed by atoms with Crippen molar-refractivity contribution >= 4 is 5.91 Å². The Hall–Kier alpha value is -0.610. The Morgan fingerprint density at radius 1 is 1.29 bits per heavy atom. The Labute approximate surface area is 103 Å². The highest BCUT2D eigenvalue weighted by Gasteiger charge is 2.41. The predicted octanol–water partition coefficient (Wildman–Crippen LogP) is 0.919. The molecule has 4 heteroatoms. The molecule has 1 amide bonds. The van der Waals surface area contributed by atoms with Crippen molar-refractivity contribution in [2.45, 2.75) is 32.1 Å². The van der Waals surface area contributed by atoms with Crippen molar-refractivity contribution in [3.63, 3.8) is 0 Å². The third-order valence-electron chi connectivity index (χ3n) is 3.98. The van der Waals surface area contributed by atoms with Gasteiger partial charge in [0, 0.05) is 38.1 Å². The van der Waals surface area contributed by atoms with E-state index >= 15 is 0 Å². The Balaban J connectivity index is 1.63. The lowest BCUT2D eigenvalue weighted by Gasteiger charge is -2.22. The average Bonchev–Trinajstić information content (AvgIpc) is 3.09. The molecule has 1 aliphatic heterocycles.